The normalized spacial score (nSPS) is 12.5. The Morgan fingerprint density at radius 2 is 1.77 bits per heavy atom. The van der Waals surface area contributed by atoms with Gasteiger partial charge in [-0.2, -0.15) is 10.1 Å². The number of hydrogen-bond acceptors (Lipinski definition) is 7. The molecule has 1 aromatic heterocycles. The highest BCUT2D eigenvalue weighted by molar-refractivity contribution is 6.35. The fourth-order valence-corrected chi connectivity index (χ4v) is 2.74. The van der Waals surface area contributed by atoms with E-state index in [1.165, 1.54) is 6.20 Å². The molecule has 2 N–H and O–H groups in total. The molecule has 0 atom stereocenters. The van der Waals surface area contributed by atoms with Gasteiger partial charge in [0, 0.05) is 16.8 Å². The molecular formula is C17H13Cl2N5O2. The molecule has 4 rings (SSSR count). The molecule has 132 valence electrons. The SMILES string of the molecule is Clc1ccc(Cl)c(Nc2cnnc(Nc3ccc4c(c3)OCCO4)n2)c1. The molecule has 1 aliphatic heterocycles. The predicted octanol–water partition coefficient (Wildman–Crippen LogP) is 4.44. The van der Waals surface area contributed by atoms with Crippen molar-refractivity contribution in [2.75, 3.05) is 23.8 Å². The number of ether oxygens (including phenoxy) is 2. The monoisotopic (exact) mass is 389 g/mol. The van der Waals surface area contributed by atoms with Crippen molar-refractivity contribution in [2.45, 2.75) is 0 Å². The van der Waals surface area contributed by atoms with E-state index < -0.39 is 0 Å². The van der Waals surface area contributed by atoms with Crippen LogP contribution in [0.3, 0.4) is 0 Å². The third-order valence-corrected chi connectivity index (χ3v) is 4.11. The van der Waals surface area contributed by atoms with Gasteiger partial charge in [0.2, 0.25) is 5.95 Å². The average Bonchev–Trinajstić information content (AvgIpc) is 2.65. The maximum absolute atomic E-state index is 6.16. The van der Waals surface area contributed by atoms with Gasteiger partial charge in [-0.15, -0.1) is 5.10 Å². The van der Waals surface area contributed by atoms with E-state index >= 15 is 0 Å². The predicted molar refractivity (Wildman–Crippen MR) is 100 cm³/mol. The molecule has 7 nitrogen and oxygen atoms in total. The molecule has 0 saturated heterocycles. The standard InChI is InChI=1S/C17H13Cl2N5O2/c18-10-1-3-12(19)13(7-10)22-16-9-20-24-17(23-16)21-11-2-4-14-15(8-11)26-6-5-25-14/h1-4,7-9H,5-6H2,(H2,21,22,23,24). The second-order valence-corrected chi connectivity index (χ2v) is 6.24. The second-order valence-electron chi connectivity index (χ2n) is 5.40. The third kappa shape index (κ3) is 3.74. The molecule has 9 heteroatoms. The smallest absolute Gasteiger partial charge is 0.249 e. The first-order valence-electron chi connectivity index (χ1n) is 7.76. The lowest BCUT2D eigenvalue weighted by atomic mass is 10.2. The van der Waals surface area contributed by atoms with E-state index in [2.05, 4.69) is 25.8 Å². The molecule has 0 unspecified atom stereocenters. The Bertz CT molecular complexity index is 954. The van der Waals surface area contributed by atoms with Crippen molar-refractivity contribution < 1.29 is 9.47 Å². The maximum atomic E-state index is 6.16. The fourth-order valence-electron chi connectivity index (χ4n) is 2.40. The van der Waals surface area contributed by atoms with Crippen LogP contribution in [0.2, 0.25) is 10.0 Å². The van der Waals surface area contributed by atoms with Gasteiger partial charge < -0.3 is 20.1 Å². The number of halogens is 2. The Kier molecular flexibility index (Phi) is 4.64. The van der Waals surface area contributed by atoms with Crippen molar-refractivity contribution in [3.8, 4) is 11.5 Å². The number of hydrogen-bond donors (Lipinski definition) is 2. The summed E-state index contributed by atoms with van der Waals surface area (Å²) < 4.78 is 11.1. The molecular weight excluding hydrogens is 377 g/mol. The summed E-state index contributed by atoms with van der Waals surface area (Å²) in [5.41, 5.74) is 1.39. The van der Waals surface area contributed by atoms with E-state index in [4.69, 9.17) is 32.7 Å². The van der Waals surface area contributed by atoms with Gasteiger partial charge in [-0.05, 0) is 30.3 Å². The van der Waals surface area contributed by atoms with Gasteiger partial charge in [0.25, 0.3) is 0 Å². The first-order chi connectivity index (χ1) is 12.7. The van der Waals surface area contributed by atoms with Crippen LogP contribution in [0.1, 0.15) is 0 Å². The van der Waals surface area contributed by atoms with Gasteiger partial charge in [0.1, 0.15) is 13.2 Å². The van der Waals surface area contributed by atoms with E-state index in [0.29, 0.717) is 52.2 Å². The van der Waals surface area contributed by atoms with Gasteiger partial charge in [0.05, 0.1) is 16.9 Å². The van der Waals surface area contributed by atoms with Gasteiger partial charge >= 0.3 is 0 Å². The van der Waals surface area contributed by atoms with Crippen molar-refractivity contribution in [1.82, 2.24) is 15.2 Å². The van der Waals surface area contributed by atoms with Crippen LogP contribution in [0.25, 0.3) is 0 Å². The first-order valence-corrected chi connectivity index (χ1v) is 8.51. The highest BCUT2D eigenvalue weighted by Crippen LogP contribution is 2.33. The third-order valence-electron chi connectivity index (χ3n) is 3.55. The van der Waals surface area contributed by atoms with E-state index in [9.17, 15) is 0 Å². The summed E-state index contributed by atoms with van der Waals surface area (Å²) in [7, 11) is 0. The van der Waals surface area contributed by atoms with Crippen LogP contribution in [0, 0.1) is 0 Å². The van der Waals surface area contributed by atoms with Gasteiger partial charge in [-0.1, -0.05) is 23.2 Å². The minimum absolute atomic E-state index is 0.324. The van der Waals surface area contributed by atoms with E-state index in [0.717, 1.165) is 5.69 Å². The lowest BCUT2D eigenvalue weighted by Crippen LogP contribution is -2.15. The molecule has 2 heterocycles. The number of benzene rings is 2. The molecule has 2 aromatic carbocycles. The number of aromatic nitrogens is 3. The van der Waals surface area contributed by atoms with Crippen molar-refractivity contribution in [1.29, 1.82) is 0 Å². The van der Waals surface area contributed by atoms with Gasteiger partial charge in [-0.3, -0.25) is 0 Å². The molecule has 0 fully saturated rings. The average molecular weight is 390 g/mol. The van der Waals surface area contributed by atoms with Crippen LogP contribution in [-0.4, -0.2) is 28.4 Å². The summed E-state index contributed by atoms with van der Waals surface area (Å²) in [6.07, 6.45) is 1.49. The van der Waals surface area contributed by atoms with Crippen LogP contribution in [-0.2, 0) is 0 Å². The Labute approximate surface area is 159 Å². The molecule has 1 aliphatic rings. The highest BCUT2D eigenvalue weighted by atomic mass is 35.5. The lowest BCUT2D eigenvalue weighted by Gasteiger charge is -2.19. The van der Waals surface area contributed by atoms with E-state index in [-0.39, 0.29) is 0 Å². The molecule has 0 spiro atoms. The summed E-state index contributed by atoms with van der Waals surface area (Å²) in [6, 6.07) is 10.6. The lowest BCUT2D eigenvalue weighted by molar-refractivity contribution is 0.171. The number of rotatable bonds is 4. The van der Waals surface area contributed by atoms with Crippen LogP contribution in [0.5, 0.6) is 11.5 Å². The second kappa shape index (κ2) is 7.23. The number of fused-ring (bicyclic) bond motifs is 1. The van der Waals surface area contributed by atoms with Crippen molar-refractivity contribution in [2.24, 2.45) is 0 Å². The topological polar surface area (TPSA) is 81.2 Å². The largest absolute Gasteiger partial charge is 0.486 e. The van der Waals surface area contributed by atoms with Crippen LogP contribution >= 0.6 is 23.2 Å². The van der Waals surface area contributed by atoms with Crippen LogP contribution < -0.4 is 20.1 Å². The Hall–Kier alpha value is -2.77. The van der Waals surface area contributed by atoms with Gasteiger partial charge in [-0.25, -0.2) is 0 Å². The summed E-state index contributed by atoms with van der Waals surface area (Å²) in [5.74, 6) is 2.19. The highest BCUT2D eigenvalue weighted by Gasteiger charge is 2.12. The zero-order chi connectivity index (χ0) is 17.9. The van der Waals surface area contributed by atoms with Crippen molar-refractivity contribution in [3.63, 3.8) is 0 Å². The zero-order valence-electron chi connectivity index (χ0n) is 13.4. The molecule has 0 amide bonds. The molecule has 26 heavy (non-hydrogen) atoms. The Balaban J connectivity index is 1.53. The summed E-state index contributed by atoms with van der Waals surface area (Å²) in [5, 5.41) is 15.2. The van der Waals surface area contributed by atoms with E-state index in [1.54, 1.807) is 18.2 Å². The Morgan fingerprint density at radius 1 is 0.923 bits per heavy atom. The molecule has 0 radical (unpaired) electrons. The first kappa shape index (κ1) is 16.7. The molecule has 0 saturated carbocycles. The Morgan fingerprint density at radius 3 is 2.65 bits per heavy atom. The summed E-state index contributed by atoms with van der Waals surface area (Å²) in [6.45, 7) is 1.07. The minimum atomic E-state index is 0.324. The van der Waals surface area contributed by atoms with E-state index in [1.807, 2.05) is 18.2 Å². The molecule has 0 aliphatic carbocycles. The maximum Gasteiger partial charge on any atom is 0.249 e. The van der Waals surface area contributed by atoms with Gasteiger partial charge in [0.15, 0.2) is 17.3 Å². The minimum Gasteiger partial charge on any atom is -0.486 e. The fraction of sp³-hybridized carbons (Fsp3) is 0.118. The number of anilines is 4. The number of nitrogens with one attached hydrogen (secondary N) is 2. The van der Waals surface area contributed by atoms with Crippen molar-refractivity contribution >= 4 is 46.3 Å². The number of nitrogens with zero attached hydrogens (tertiary/aromatic N) is 3. The summed E-state index contributed by atoms with van der Waals surface area (Å²) >= 11 is 12.2. The molecule has 3 aromatic rings. The molecule has 0 bridgehead atoms. The van der Waals surface area contributed by atoms with Crippen LogP contribution in [0.15, 0.2) is 42.6 Å². The summed E-state index contributed by atoms with van der Waals surface area (Å²) in [4.78, 5) is 4.38. The quantitative estimate of drug-likeness (QED) is 0.682. The van der Waals surface area contributed by atoms with Crippen LogP contribution in [0.4, 0.5) is 23.1 Å². The van der Waals surface area contributed by atoms with Crippen molar-refractivity contribution in [3.05, 3.63) is 52.6 Å². The zero-order valence-corrected chi connectivity index (χ0v) is 14.9.